The van der Waals surface area contributed by atoms with E-state index in [9.17, 15) is 0 Å². The predicted molar refractivity (Wildman–Crippen MR) is 85.3 cm³/mol. The Bertz CT molecular complexity index is 456. The van der Waals surface area contributed by atoms with E-state index < -0.39 is 0 Å². The summed E-state index contributed by atoms with van der Waals surface area (Å²) in [5, 5.41) is 4.47. The number of nitrogens with one attached hydrogen (secondary N) is 1. The molecule has 0 spiro atoms. The lowest BCUT2D eigenvalue weighted by molar-refractivity contribution is 0.106. The maximum absolute atomic E-state index is 6.15. The van der Waals surface area contributed by atoms with Gasteiger partial charge in [0.2, 0.25) is 0 Å². The van der Waals surface area contributed by atoms with Gasteiger partial charge in [0.15, 0.2) is 0 Å². The van der Waals surface area contributed by atoms with Crippen LogP contribution in [0, 0.1) is 11.3 Å². The van der Waals surface area contributed by atoms with E-state index in [-0.39, 0.29) is 5.41 Å². The average Bonchev–Trinajstić information content (AvgIpc) is 2.59. The molecule has 0 bridgehead atoms. The van der Waals surface area contributed by atoms with Crippen LogP contribution in [0.4, 0.5) is 0 Å². The van der Waals surface area contributed by atoms with E-state index in [2.05, 4.69) is 45.1 Å². The molecule has 1 unspecified atom stereocenters. The summed E-state index contributed by atoms with van der Waals surface area (Å²) >= 11 is 6.15. The van der Waals surface area contributed by atoms with Crippen molar-refractivity contribution in [3.63, 3.8) is 0 Å². The molecule has 2 nitrogen and oxygen atoms in total. The molecule has 0 heterocycles. The van der Waals surface area contributed by atoms with Gasteiger partial charge in [0.25, 0.3) is 0 Å². The summed E-state index contributed by atoms with van der Waals surface area (Å²) in [5.41, 5.74) is 3.00. The van der Waals surface area contributed by atoms with Crippen molar-refractivity contribution in [2.75, 3.05) is 19.8 Å². The molecule has 1 aromatic rings. The summed E-state index contributed by atoms with van der Waals surface area (Å²) in [6, 6.07) is 6.62. The number of rotatable bonds is 6. The Morgan fingerprint density at radius 3 is 2.85 bits per heavy atom. The number of ether oxygens (including phenoxy) is 1. The molecule has 0 fully saturated rings. The molecule has 20 heavy (non-hydrogen) atoms. The Morgan fingerprint density at radius 1 is 1.40 bits per heavy atom. The number of benzene rings is 1. The van der Waals surface area contributed by atoms with Crippen molar-refractivity contribution >= 4 is 11.6 Å². The molecule has 0 aliphatic heterocycles. The number of hydrogen-bond donors (Lipinski definition) is 1. The third-order valence-corrected chi connectivity index (χ3v) is 4.13. The molecule has 0 saturated heterocycles. The highest BCUT2D eigenvalue weighted by molar-refractivity contribution is 6.30. The van der Waals surface area contributed by atoms with Gasteiger partial charge in [-0.25, -0.2) is 0 Å². The summed E-state index contributed by atoms with van der Waals surface area (Å²) in [7, 11) is 0. The Labute approximate surface area is 127 Å². The van der Waals surface area contributed by atoms with Crippen LogP contribution in [0.5, 0.6) is 0 Å². The van der Waals surface area contributed by atoms with Gasteiger partial charge in [0.05, 0.1) is 6.61 Å². The molecule has 112 valence electrons. The van der Waals surface area contributed by atoms with Crippen molar-refractivity contribution < 1.29 is 4.74 Å². The minimum absolute atomic E-state index is 0.227. The van der Waals surface area contributed by atoms with Crippen LogP contribution in [0.2, 0.25) is 5.02 Å². The summed E-state index contributed by atoms with van der Waals surface area (Å²) < 4.78 is 5.65. The molecular formula is C17H26ClNO. The normalized spacial score (nSPS) is 20.4. The fourth-order valence-electron chi connectivity index (χ4n) is 2.99. The van der Waals surface area contributed by atoms with Gasteiger partial charge in [0.1, 0.15) is 0 Å². The second-order valence-corrected chi connectivity index (χ2v) is 7.30. The maximum atomic E-state index is 6.15. The SMILES string of the molecule is CC(C)COCCNC1c2cc(Cl)ccc2CC1(C)C. The first-order valence-corrected chi connectivity index (χ1v) is 7.87. The van der Waals surface area contributed by atoms with E-state index in [1.54, 1.807) is 0 Å². The number of hydrogen-bond acceptors (Lipinski definition) is 2. The standard InChI is InChI=1S/C17H26ClNO/c1-12(2)11-20-8-7-19-16-15-9-14(18)6-5-13(15)10-17(16,3)4/h5-6,9,12,16,19H,7-8,10-11H2,1-4H3. The zero-order valence-electron chi connectivity index (χ0n) is 13.0. The monoisotopic (exact) mass is 295 g/mol. The zero-order valence-corrected chi connectivity index (χ0v) is 13.8. The fourth-order valence-corrected chi connectivity index (χ4v) is 3.17. The minimum Gasteiger partial charge on any atom is -0.380 e. The second kappa shape index (κ2) is 6.46. The Morgan fingerprint density at radius 2 is 2.15 bits per heavy atom. The quantitative estimate of drug-likeness (QED) is 0.793. The van der Waals surface area contributed by atoms with Crippen molar-refractivity contribution in [1.29, 1.82) is 0 Å². The van der Waals surface area contributed by atoms with Crippen molar-refractivity contribution in [3.05, 3.63) is 34.3 Å². The third kappa shape index (κ3) is 3.75. The Kier molecular flexibility index (Phi) is 5.11. The van der Waals surface area contributed by atoms with Gasteiger partial charge in [-0.3, -0.25) is 0 Å². The highest BCUT2D eigenvalue weighted by Gasteiger charge is 2.38. The zero-order chi connectivity index (χ0) is 14.8. The van der Waals surface area contributed by atoms with Crippen LogP contribution < -0.4 is 5.32 Å². The summed E-state index contributed by atoms with van der Waals surface area (Å²) in [6.07, 6.45) is 1.10. The van der Waals surface area contributed by atoms with Crippen LogP contribution >= 0.6 is 11.6 Å². The van der Waals surface area contributed by atoms with Crippen LogP contribution in [0.3, 0.4) is 0 Å². The van der Waals surface area contributed by atoms with E-state index in [0.29, 0.717) is 12.0 Å². The Balaban J connectivity index is 1.95. The number of halogens is 1. The molecule has 0 saturated carbocycles. The lowest BCUT2D eigenvalue weighted by atomic mass is 9.85. The molecule has 1 aromatic carbocycles. The van der Waals surface area contributed by atoms with Crippen molar-refractivity contribution in [1.82, 2.24) is 5.32 Å². The predicted octanol–water partition coefficient (Wildman–Crippen LogP) is 4.23. The van der Waals surface area contributed by atoms with Gasteiger partial charge < -0.3 is 10.1 Å². The van der Waals surface area contributed by atoms with Gasteiger partial charge in [0, 0.05) is 24.2 Å². The van der Waals surface area contributed by atoms with E-state index in [4.69, 9.17) is 16.3 Å². The molecule has 0 radical (unpaired) electrons. The van der Waals surface area contributed by atoms with E-state index in [0.717, 1.165) is 31.2 Å². The topological polar surface area (TPSA) is 21.3 Å². The third-order valence-electron chi connectivity index (χ3n) is 3.89. The van der Waals surface area contributed by atoms with Crippen LogP contribution in [-0.4, -0.2) is 19.8 Å². The minimum atomic E-state index is 0.227. The first kappa shape index (κ1) is 15.8. The fraction of sp³-hybridized carbons (Fsp3) is 0.647. The molecular weight excluding hydrogens is 270 g/mol. The van der Waals surface area contributed by atoms with Crippen molar-refractivity contribution in [3.8, 4) is 0 Å². The van der Waals surface area contributed by atoms with E-state index >= 15 is 0 Å². The smallest absolute Gasteiger partial charge is 0.0591 e. The molecule has 2 rings (SSSR count). The summed E-state index contributed by atoms with van der Waals surface area (Å²) in [4.78, 5) is 0. The average molecular weight is 296 g/mol. The van der Waals surface area contributed by atoms with Crippen LogP contribution in [0.1, 0.15) is 44.9 Å². The molecule has 3 heteroatoms. The molecule has 1 aliphatic carbocycles. The van der Waals surface area contributed by atoms with Crippen LogP contribution in [0.25, 0.3) is 0 Å². The van der Waals surface area contributed by atoms with Gasteiger partial charge >= 0.3 is 0 Å². The van der Waals surface area contributed by atoms with Crippen molar-refractivity contribution in [2.45, 2.75) is 40.2 Å². The lowest BCUT2D eigenvalue weighted by Gasteiger charge is -2.28. The van der Waals surface area contributed by atoms with Crippen LogP contribution in [-0.2, 0) is 11.2 Å². The van der Waals surface area contributed by atoms with Gasteiger partial charge in [-0.15, -0.1) is 0 Å². The summed E-state index contributed by atoms with van der Waals surface area (Å²) in [5.74, 6) is 0.595. The van der Waals surface area contributed by atoms with Crippen LogP contribution in [0.15, 0.2) is 18.2 Å². The first-order chi connectivity index (χ1) is 9.40. The molecule has 0 aromatic heterocycles. The lowest BCUT2D eigenvalue weighted by Crippen LogP contribution is -2.33. The molecule has 1 N–H and O–H groups in total. The molecule has 1 aliphatic rings. The molecule has 1 atom stereocenters. The van der Waals surface area contributed by atoms with Gasteiger partial charge in [-0.1, -0.05) is 45.4 Å². The maximum Gasteiger partial charge on any atom is 0.0591 e. The largest absolute Gasteiger partial charge is 0.380 e. The number of fused-ring (bicyclic) bond motifs is 1. The van der Waals surface area contributed by atoms with Gasteiger partial charge in [-0.05, 0) is 41.0 Å². The van der Waals surface area contributed by atoms with Gasteiger partial charge in [-0.2, -0.15) is 0 Å². The Hall–Kier alpha value is -0.570. The van der Waals surface area contributed by atoms with Crippen molar-refractivity contribution in [2.24, 2.45) is 11.3 Å². The second-order valence-electron chi connectivity index (χ2n) is 6.86. The molecule has 0 amide bonds. The highest BCUT2D eigenvalue weighted by Crippen LogP contribution is 2.45. The van der Waals surface area contributed by atoms with E-state index in [1.165, 1.54) is 11.1 Å². The first-order valence-electron chi connectivity index (χ1n) is 7.49. The highest BCUT2D eigenvalue weighted by atomic mass is 35.5. The van der Waals surface area contributed by atoms with E-state index in [1.807, 2.05) is 6.07 Å². The summed E-state index contributed by atoms with van der Waals surface area (Å²) in [6.45, 7) is 11.4.